The van der Waals surface area contributed by atoms with Gasteiger partial charge in [0, 0.05) is 61.1 Å². The van der Waals surface area contributed by atoms with Crippen LogP contribution < -0.4 is 15.5 Å². The lowest BCUT2D eigenvalue weighted by atomic mass is 10.2. The van der Waals surface area contributed by atoms with Crippen LogP contribution in [0.25, 0.3) is 0 Å². The molecule has 3 rings (SSSR count). The standard InChI is InChI=1S/C22H31ClN6S.HI/c1-3-24-22(25-10-15-30-20-7-5-19(23)6-8-20)27-17-18-4-9-21(26-16-18)29-13-11-28(2)12-14-29;/h4-9,16H,3,10-15,17H2,1-2H3,(H2,24,25,27);1H. The number of hydrogen-bond acceptors (Lipinski definition) is 5. The van der Waals surface area contributed by atoms with Gasteiger partial charge in [0.25, 0.3) is 0 Å². The second-order valence-corrected chi connectivity index (χ2v) is 8.84. The van der Waals surface area contributed by atoms with E-state index in [1.165, 1.54) is 4.90 Å². The van der Waals surface area contributed by atoms with Gasteiger partial charge in [-0.25, -0.2) is 9.98 Å². The van der Waals surface area contributed by atoms with Crippen LogP contribution in [0.5, 0.6) is 0 Å². The number of thioether (sulfide) groups is 1. The number of hydrogen-bond donors (Lipinski definition) is 2. The number of nitrogens with one attached hydrogen (secondary N) is 2. The van der Waals surface area contributed by atoms with E-state index in [2.05, 4.69) is 51.5 Å². The van der Waals surface area contributed by atoms with Crippen LogP contribution in [-0.4, -0.2) is 67.9 Å². The predicted molar refractivity (Wildman–Crippen MR) is 144 cm³/mol. The van der Waals surface area contributed by atoms with Crippen LogP contribution in [0, 0.1) is 0 Å². The lowest BCUT2D eigenvalue weighted by Crippen LogP contribution is -2.44. The molecule has 0 aliphatic carbocycles. The van der Waals surface area contributed by atoms with Gasteiger partial charge in [0.2, 0.25) is 0 Å². The SMILES string of the molecule is CCNC(=NCc1ccc(N2CCN(C)CC2)nc1)NCCSc1ccc(Cl)cc1.I. The second-order valence-electron chi connectivity index (χ2n) is 7.24. The van der Waals surface area contributed by atoms with E-state index in [1.807, 2.05) is 30.5 Å². The van der Waals surface area contributed by atoms with Crippen molar-refractivity contribution in [1.82, 2.24) is 20.5 Å². The van der Waals surface area contributed by atoms with Crippen molar-refractivity contribution in [2.24, 2.45) is 4.99 Å². The summed E-state index contributed by atoms with van der Waals surface area (Å²) in [6, 6.07) is 12.2. The Hall–Kier alpha value is -1.23. The first-order chi connectivity index (χ1) is 14.6. The highest BCUT2D eigenvalue weighted by Crippen LogP contribution is 2.19. The first-order valence-electron chi connectivity index (χ1n) is 10.4. The zero-order valence-electron chi connectivity index (χ0n) is 18.2. The molecule has 6 nitrogen and oxygen atoms in total. The number of guanidine groups is 1. The highest BCUT2D eigenvalue weighted by molar-refractivity contribution is 14.0. The Labute approximate surface area is 212 Å². The van der Waals surface area contributed by atoms with Gasteiger partial charge >= 0.3 is 0 Å². The van der Waals surface area contributed by atoms with E-state index < -0.39 is 0 Å². The molecule has 2 heterocycles. The number of aliphatic imine (C=N–C) groups is 1. The summed E-state index contributed by atoms with van der Waals surface area (Å²) >= 11 is 7.73. The predicted octanol–water partition coefficient (Wildman–Crippen LogP) is 3.95. The number of anilines is 1. The third-order valence-corrected chi connectivity index (χ3v) is 6.14. The van der Waals surface area contributed by atoms with Crippen molar-refractivity contribution in [1.29, 1.82) is 0 Å². The molecule has 0 spiro atoms. The minimum Gasteiger partial charge on any atom is -0.357 e. The topological polar surface area (TPSA) is 55.8 Å². The van der Waals surface area contributed by atoms with Crippen LogP contribution in [0.3, 0.4) is 0 Å². The van der Waals surface area contributed by atoms with E-state index in [9.17, 15) is 0 Å². The Morgan fingerprint density at radius 3 is 2.48 bits per heavy atom. The van der Waals surface area contributed by atoms with Crippen molar-refractivity contribution in [3.05, 3.63) is 53.2 Å². The molecule has 1 aliphatic rings. The van der Waals surface area contributed by atoms with Crippen molar-refractivity contribution in [2.75, 3.05) is 57.0 Å². The average Bonchev–Trinajstić information content (AvgIpc) is 2.77. The van der Waals surface area contributed by atoms with Gasteiger partial charge in [-0.3, -0.25) is 0 Å². The minimum absolute atomic E-state index is 0. The van der Waals surface area contributed by atoms with Gasteiger partial charge in [0.05, 0.1) is 6.54 Å². The molecule has 2 N–H and O–H groups in total. The summed E-state index contributed by atoms with van der Waals surface area (Å²) < 4.78 is 0. The Morgan fingerprint density at radius 1 is 1.10 bits per heavy atom. The third kappa shape index (κ3) is 9.03. The van der Waals surface area contributed by atoms with Gasteiger partial charge in [-0.05, 0) is 49.9 Å². The summed E-state index contributed by atoms with van der Waals surface area (Å²) in [5.74, 6) is 2.84. The highest BCUT2D eigenvalue weighted by Gasteiger charge is 2.14. The maximum Gasteiger partial charge on any atom is 0.191 e. The molecule has 2 aromatic rings. The molecule has 0 atom stereocenters. The quantitative estimate of drug-likeness (QED) is 0.164. The minimum atomic E-state index is 0. The molecule has 1 aliphatic heterocycles. The fourth-order valence-electron chi connectivity index (χ4n) is 3.11. The van der Waals surface area contributed by atoms with Gasteiger partial charge in [-0.15, -0.1) is 35.7 Å². The molecule has 1 aromatic heterocycles. The molecule has 0 saturated carbocycles. The zero-order valence-corrected chi connectivity index (χ0v) is 22.1. The highest BCUT2D eigenvalue weighted by atomic mass is 127. The molecule has 170 valence electrons. The van der Waals surface area contributed by atoms with Crippen molar-refractivity contribution >= 4 is 59.1 Å². The molecular weight excluding hydrogens is 543 g/mol. The number of pyridine rings is 1. The van der Waals surface area contributed by atoms with Gasteiger partial charge in [-0.1, -0.05) is 17.7 Å². The summed E-state index contributed by atoms with van der Waals surface area (Å²) in [4.78, 5) is 15.3. The Morgan fingerprint density at radius 2 is 1.84 bits per heavy atom. The first-order valence-corrected chi connectivity index (χ1v) is 11.8. The molecule has 0 bridgehead atoms. The summed E-state index contributed by atoms with van der Waals surface area (Å²) in [5.41, 5.74) is 1.11. The van der Waals surface area contributed by atoms with Crippen LogP contribution >= 0.6 is 47.3 Å². The number of aromatic nitrogens is 1. The second kappa shape index (κ2) is 14.0. The number of nitrogens with zero attached hydrogens (tertiary/aromatic N) is 4. The normalized spacial score (nSPS) is 14.8. The van der Waals surface area contributed by atoms with E-state index >= 15 is 0 Å². The van der Waals surface area contributed by atoms with Gasteiger partial charge in [-0.2, -0.15) is 0 Å². The Bertz CT molecular complexity index is 795. The van der Waals surface area contributed by atoms with Gasteiger partial charge < -0.3 is 20.4 Å². The van der Waals surface area contributed by atoms with Crippen LogP contribution in [0.2, 0.25) is 5.02 Å². The summed E-state index contributed by atoms with van der Waals surface area (Å²) in [6.45, 7) is 8.58. The van der Waals surface area contributed by atoms with E-state index in [4.69, 9.17) is 16.6 Å². The number of likely N-dealkylation sites (N-methyl/N-ethyl adjacent to an activating group) is 1. The summed E-state index contributed by atoms with van der Waals surface area (Å²) in [7, 11) is 2.16. The lowest BCUT2D eigenvalue weighted by Gasteiger charge is -2.33. The number of halogens is 2. The molecule has 31 heavy (non-hydrogen) atoms. The molecular formula is C22H32ClIN6S. The average molecular weight is 575 g/mol. The van der Waals surface area contributed by atoms with E-state index in [0.29, 0.717) is 6.54 Å². The fraction of sp³-hybridized carbons (Fsp3) is 0.455. The number of piperazine rings is 1. The molecule has 9 heteroatoms. The lowest BCUT2D eigenvalue weighted by molar-refractivity contribution is 0.312. The van der Waals surface area contributed by atoms with Gasteiger partial charge in [0.1, 0.15) is 5.82 Å². The van der Waals surface area contributed by atoms with Crippen molar-refractivity contribution in [3.63, 3.8) is 0 Å². The van der Waals surface area contributed by atoms with E-state index in [0.717, 1.165) is 67.4 Å². The van der Waals surface area contributed by atoms with Gasteiger partial charge in [0.15, 0.2) is 5.96 Å². The largest absolute Gasteiger partial charge is 0.357 e. The van der Waals surface area contributed by atoms with Crippen LogP contribution in [0.4, 0.5) is 5.82 Å². The van der Waals surface area contributed by atoms with Crippen molar-refractivity contribution < 1.29 is 0 Å². The maximum atomic E-state index is 5.93. The van der Waals surface area contributed by atoms with E-state index in [1.54, 1.807) is 11.8 Å². The first kappa shape index (κ1) is 26.0. The monoisotopic (exact) mass is 574 g/mol. The van der Waals surface area contributed by atoms with Crippen LogP contribution in [0.1, 0.15) is 12.5 Å². The Balaban J connectivity index is 0.00000341. The molecule has 0 radical (unpaired) electrons. The van der Waals surface area contributed by atoms with Crippen LogP contribution in [-0.2, 0) is 6.54 Å². The third-order valence-electron chi connectivity index (χ3n) is 4.88. The Kier molecular flexibility index (Phi) is 11.8. The molecule has 1 aromatic carbocycles. The summed E-state index contributed by atoms with van der Waals surface area (Å²) in [6.07, 6.45) is 1.94. The smallest absolute Gasteiger partial charge is 0.191 e. The molecule has 1 saturated heterocycles. The van der Waals surface area contributed by atoms with Crippen molar-refractivity contribution in [3.8, 4) is 0 Å². The maximum absolute atomic E-state index is 5.93. The molecule has 0 amide bonds. The molecule has 1 fully saturated rings. The van der Waals surface area contributed by atoms with Crippen LogP contribution in [0.15, 0.2) is 52.5 Å². The summed E-state index contributed by atoms with van der Waals surface area (Å²) in [5, 5.41) is 7.47. The van der Waals surface area contributed by atoms with E-state index in [-0.39, 0.29) is 24.0 Å². The zero-order chi connectivity index (χ0) is 21.2. The number of rotatable bonds is 8. The molecule has 0 unspecified atom stereocenters. The van der Waals surface area contributed by atoms with Crippen molar-refractivity contribution in [2.45, 2.75) is 18.4 Å². The number of benzene rings is 1. The fourth-order valence-corrected chi connectivity index (χ4v) is 4.01.